The summed E-state index contributed by atoms with van der Waals surface area (Å²) >= 11 is 5.92. The molecule has 1 unspecified atom stereocenters. The molecule has 0 aliphatic carbocycles. The lowest BCUT2D eigenvalue weighted by Gasteiger charge is -2.30. The van der Waals surface area contributed by atoms with E-state index < -0.39 is 0 Å². The molecular weight excluding hydrogens is 198 g/mol. The number of fused-ring (bicyclic) bond motifs is 1. The van der Waals surface area contributed by atoms with E-state index in [9.17, 15) is 0 Å². The molecule has 0 saturated carbocycles. The number of hydrogen-bond donors (Lipinski definition) is 0. The Labute approximate surface area is 90.0 Å². The molecule has 14 heavy (non-hydrogen) atoms. The summed E-state index contributed by atoms with van der Waals surface area (Å²) in [6.07, 6.45) is 1.97. The summed E-state index contributed by atoms with van der Waals surface area (Å²) < 4.78 is 0. The van der Waals surface area contributed by atoms with E-state index in [1.807, 2.05) is 6.08 Å². The monoisotopic (exact) mass is 213 g/mol. The van der Waals surface area contributed by atoms with Crippen molar-refractivity contribution in [2.45, 2.75) is 32.9 Å². The predicted octanol–water partition coefficient (Wildman–Crippen LogP) is 1.85. The molecule has 2 rings (SSSR count). The lowest BCUT2D eigenvalue weighted by Crippen LogP contribution is -2.34. The fraction of sp³-hybridized carbons (Fsp3) is 0.700. The summed E-state index contributed by atoms with van der Waals surface area (Å²) in [5.41, 5.74) is 0. The van der Waals surface area contributed by atoms with Crippen LogP contribution >= 0.6 is 11.6 Å². The number of halogens is 1. The highest BCUT2D eigenvalue weighted by molar-refractivity contribution is 6.68. The lowest BCUT2D eigenvalue weighted by molar-refractivity contribution is 0.253. The summed E-state index contributed by atoms with van der Waals surface area (Å²) in [6.45, 7) is 8.42. The van der Waals surface area contributed by atoms with E-state index in [0.717, 1.165) is 6.54 Å². The van der Waals surface area contributed by atoms with Gasteiger partial charge in [0.25, 0.3) is 0 Å². The minimum atomic E-state index is 0.517. The minimum absolute atomic E-state index is 0.517. The van der Waals surface area contributed by atoms with Gasteiger partial charge in [0.1, 0.15) is 17.7 Å². The Morgan fingerprint density at radius 3 is 2.93 bits per heavy atom. The van der Waals surface area contributed by atoms with Crippen molar-refractivity contribution in [3.63, 3.8) is 0 Å². The van der Waals surface area contributed by atoms with Gasteiger partial charge in [0.05, 0.1) is 0 Å². The highest BCUT2D eigenvalue weighted by Crippen LogP contribution is 2.28. The van der Waals surface area contributed by atoms with Crippen LogP contribution in [0.2, 0.25) is 0 Å². The molecule has 0 spiro atoms. The number of nitrogens with zero attached hydrogens (tertiary/aromatic N) is 3. The average molecular weight is 214 g/mol. The highest BCUT2D eigenvalue weighted by atomic mass is 35.5. The summed E-state index contributed by atoms with van der Waals surface area (Å²) in [5.74, 6) is 1.23. The van der Waals surface area contributed by atoms with E-state index in [2.05, 4.69) is 35.6 Å². The zero-order chi connectivity index (χ0) is 10.3. The summed E-state index contributed by atoms with van der Waals surface area (Å²) in [4.78, 5) is 8.88. The highest BCUT2D eigenvalue weighted by Gasteiger charge is 2.33. The molecule has 78 valence electrons. The maximum atomic E-state index is 5.92. The van der Waals surface area contributed by atoms with Crippen LogP contribution in [0.25, 0.3) is 0 Å². The first-order chi connectivity index (χ1) is 6.59. The van der Waals surface area contributed by atoms with Crippen LogP contribution in [0.4, 0.5) is 0 Å². The van der Waals surface area contributed by atoms with Crippen LogP contribution in [0.1, 0.15) is 20.8 Å². The number of allylic oxidation sites excluding steroid dienone is 1. The van der Waals surface area contributed by atoms with E-state index in [1.165, 1.54) is 5.82 Å². The van der Waals surface area contributed by atoms with E-state index in [4.69, 9.17) is 11.6 Å². The second-order valence-corrected chi connectivity index (χ2v) is 4.58. The molecule has 0 radical (unpaired) electrons. The largest absolute Gasteiger partial charge is 0.351 e. The molecule has 0 amide bonds. The van der Waals surface area contributed by atoms with Crippen molar-refractivity contribution in [1.82, 2.24) is 9.80 Å². The first-order valence-electron chi connectivity index (χ1n) is 5.04. The Morgan fingerprint density at radius 2 is 2.29 bits per heavy atom. The van der Waals surface area contributed by atoms with Gasteiger partial charge in [0, 0.05) is 24.7 Å². The lowest BCUT2D eigenvalue weighted by atomic mass is 10.2. The quantitative estimate of drug-likeness (QED) is 0.662. The van der Waals surface area contributed by atoms with Crippen molar-refractivity contribution < 1.29 is 0 Å². The van der Waals surface area contributed by atoms with Crippen LogP contribution in [-0.2, 0) is 0 Å². The topological polar surface area (TPSA) is 18.8 Å². The van der Waals surface area contributed by atoms with Gasteiger partial charge < -0.3 is 9.80 Å². The van der Waals surface area contributed by atoms with E-state index in [1.54, 1.807) is 0 Å². The molecule has 0 aromatic rings. The van der Waals surface area contributed by atoms with Crippen LogP contribution in [0.5, 0.6) is 0 Å². The number of rotatable bonds is 1. The summed E-state index contributed by atoms with van der Waals surface area (Å²) in [5, 5.41) is 0.621. The molecule has 3 nitrogen and oxygen atoms in total. The summed E-state index contributed by atoms with van der Waals surface area (Å²) in [7, 11) is 0. The maximum absolute atomic E-state index is 5.92. The fourth-order valence-corrected chi connectivity index (χ4v) is 2.42. The SMILES string of the molecule is CC(C)N1C2=CC(Cl)=NCN2CC1C. The number of aliphatic imine (C=N–C) groups is 1. The van der Waals surface area contributed by atoms with Crippen molar-refractivity contribution in [1.29, 1.82) is 0 Å². The molecule has 0 bridgehead atoms. The average Bonchev–Trinajstić information content (AvgIpc) is 2.40. The Hall–Kier alpha value is -0.700. The van der Waals surface area contributed by atoms with Gasteiger partial charge in [0.2, 0.25) is 0 Å². The van der Waals surface area contributed by atoms with Crippen LogP contribution in [-0.4, -0.2) is 40.3 Å². The smallest absolute Gasteiger partial charge is 0.129 e. The molecule has 1 saturated heterocycles. The maximum Gasteiger partial charge on any atom is 0.129 e. The van der Waals surface area contributed by atoms with Crippen molar-refractivity contribution >= 4 is 16.8 Å². The van der Waals surface area contributed by atoms with Gasteiger partial charge in [-0.05, 0) is 20.8 Å². The van der Waals surface area contributed by atoms with Gasteiger partial charge in [-0.2, -0.15) is 0 Å². The molecule has 4 heteroatoms. The van der Waals surface area contributed by atoms with Crippen molar-refractivity contribution in [3.8, 4) is 0 Å². The Morgan fingerprint density at radius 1 is 1.57 bits per heavy atom. The van der Waals surface area contributed by atoms with Crippen LogP contribution < -0.4 is 0 Å². The first-order valence-corrected chi connectivity index (χ1v) is 5.42. The Bertz CT molecular complexity index is 296. The third-order valence-electron chi connectivity index (χ3n) is 2.75. The van der Waals surface area contributed by atoms with Gasteiger partial charge in [-0.25, -0.2) is 0 Å². The molecular formula is C10H16ClN3. The normalized spacial score (nSPS) is 26.5. The molecule has 0 aromatic carbocycles. The number of hydrogen-bond acceptors (Lipinski definition) is 3. The standard InChI is InChI=1S/C10H16ClN3/c1-7(2)14-8(3)5-13-6-12-9(11)4-10(13)14/h4,7-8H,5-6H2,1-3H3. The summed E-state index contributed by atoms with van der Waals surface area (Å²) in [6, 6.07) is 1.07. The zero-order valence-electron chi connectivity index (χ0n) is 8.87. The molecule has 1 atom stereocenters. The molecule has 2 aliphatic rings. The van der Waals surface area contributed by atoms with Crippen molar-refractivity contribution in [2.24, 2.45) is 4.99 Å². The second-order valence-electron chi connectivity index (χ2n) is 4.20. The third-order valence-corrected chi connectivity index (χ3v) is 2.97. The Kier molecular flexibility index (Phi) is 2.43. The Balaban J connectivity index is 2.29. The fourth-order valence-electron chi connectivity index (χ4n) is 2.26. The second kappa shape index (κ2) is 3.46. The van der Waals surface area contributed by atoms with E-state index >= 15 is 0 Å². The van der Waals surface area contributed by atoms with Crippen LogP contribution in [0.15, 0.2) is 16.9 Å². The molecule has 2 aliphatic heterocycles. The first kappa shape index (κ1) is 9.84. The molecule has 0 N–H and O–H groups in total. The predicted molar refractivity (Wildman–Crippen MR) is 59.4 cm³/mol. The van der Waals surface area contributed by atoms with Crippen molar-refractivity contribution in [2.75, 3.05) is 13.2 Å². The van der Waals surface area contributed by atoms with Gasteiger partial charge in [-0.1, -0.05) is 11.6 Å². The minimum Gasteiger partial charge on any atom is -0.351 e. The zero-order valence-corrected chi connectivity index (χ0v) is 9.62. The molecule has 0 aromatic heterocycles. The van der Waals surface area contributed by atoms with Crippen LogP contribution in [0, 0.1) is 0 Å². The van der Waals surface area contributed by atoms with Gasteiger partial charge in [0.15, 0.2) is 0 Å². The molecule has 1 fully saturated rings. The third kappa shape index (κ3) is 1.50. The van der Waals surface area contributed by atoms with Gasteiger partial charge in [-0.3, -0.25) is 4.99 Å². The van der Waals surface area contributed by atoms with E-state index in [0.29, 0.717) is 23.9 Å². The van der Waals surface area contributed by atoms with Crippen LogP contribution in [0.3, 0.4) is 0 Å². The van der Waals surface area contributed by atoms with Gasteiger partial charge >= 0.3 is 0 Å². The molecule has 2 heterocycles. The van der Waals surface area contributed by atoms with Crippen molar-refractivity contribution in [3.05, 3.63) is 11.9 Å². The van der Waals surface area contributed by atoms with Gasteiger partial charge in [-0.15, -0.1) is 0 Å². The van der Waals surface area contributed by atoms with E-state index in [-0.39, 0.29) is 0 Å².